The summed E-state index contributed by atoms with van der Waals surface area (Å²) in [6.07, 6.45) is 11.9. The normalized spacial score (nSPS) is 22.8. The van der Waals surface area contributed by atoms with E-state index in [0.29, 0.717) is 5.92 Å². The Balaban J connectivity index is 2.60. The zero-order valence-corrected chi connectivity index (χ0v) is 12.5. The second-order valence-corrected chi connectivity index (χ2v) is 5.84. The molecule has 0 saturated heterocycles. The molecule has 0 aliphatic heterocycles. The van der Waals surface area contributed by atoms with E-state index in [0.717, 1.165) is 19.6 Å². The molecule has 1 atom stereocenters. The van der Waals surface area contributed by atoms with Crippen molar-refractivity contribution in [3.05, 3.63) is 23.8 Å². The van der Waals surface area contributed by atoms with Gasteiger partial charge in [0.15, 0.2) is 0 Å². The first-order chi connectivity index (χ1) is 8.59. The largest absolute Gasteiger partial charge is 0.370 e. The fourth-order valence-corrected chi connectivity index (χ4v) is 2.04. The van der Waals surface area contributed by atoms with Crippen LogP contribution in [0.5, 0.6) is 0 Å². The molecule has 1 rings (SSSR count). The van der Waals surface area contributed by atoms with Crippen molar-refractivity contribution in [2.45, 2.75) is 45.6 Å². The lowest BCUT2D eigenvalue weighted by Crippen LogP contribution is -2.21. The summed E-state index contributed by atoms with van der Waals surface area (Å²) in [5, 5.41) is 0. The fraction of sp³-hybridized carbons (Fsp3) is 0.750. The molecular weight excluding hydrogens is 222 g/mol. The SMILES string of the molecule is CC(C)COC1/C=C/CCCC=C1CCN(C)C. The minimum Gasteiger partial charge on any atom is -0.370 e. The van der Waals surface area contributed by atoms with Crippen molar-refractivity contribution < 1.29 is 4.74 Å². The molecule has 1 aliphatic rings. The summed E-state index contributed by atoms with van der Waals surface area (Å²) in [5.74, 6) is 0.596. The van der Waals surface area contributed by atoms with E-state index in [2.05, 4.69) is 51.1 Å². The number of allylic oxidation sites excluding steroid dienone is 2. The van der Waals surface area contributed by atoms with Crippen LogP contribution >= 0.6 is 0 Å². The summed E-state index contributed by atoms with van der Waals surface area (Å²) in [4.78, 5) is 2.24. The summed E-state index contributed by atoms with van der Waals surface area (Å²) in [5.41, 5.74) is 1.46. The van der Waals surface area contributed by atoms with Crippen LogP contribution in [0.25, 0.3) is 0 Å². The van der Waals surface area contributed by atoms with Gasteiger partial charge in [-0.2, -0.15) is 0 Å². The first-order valence-corrected chi connectivity index (χ1v) is 7.21. The number of nitrogens with zero attached hydrogens (tertiary/aromatic N) is 1. The first-order valence-electron chi connectivity index (χ1n) is 7.21. The maximum Gasteiger partial charge on any atom is 0.0967 e. The zero-order valence-electron chi connectivity index (χ0n) is 12.5. The summed E-state index contributed by atoms with van der Waals surface area (Å²) < 4.78 is 6.05. The van der Waals surface area contributed by atoms with Crippen molar-refractivity contribution in [1.82, 2.24) is 4.90 Å². The smallest absolute Gasteiger partial charge is 0.0967 e. The number of ether oxygens (including phenoxy) is 1. The Morgan fingerprint density at radius 1 is 1.33 bits per heavy atom. The zero-order chi connectivity index (χ0) is 13.4. The maximum absolute atomic E-state index is 6.05. The second-order valence-electron chi connectivity index (χ2n) is 5.84. The van der Waals surface area contributed by atoms with E-state index in [1.54, 1.807) is 0 Å². The average molecular weight is 251 g/mol. The van der Waals surface area contributed by atoms with Gasteiger partial charge in [0.1, 0.15) is 0 Å². The molecule has 0 aromatic heterocycles. The van der Waals surface area contributed by atoms with Gasteiger partial charge in [-0.3, -0.25) is 0 Å². The predicted octanol–water partition coefficient (Wildman–Crippen LogP) is 3.65. The predicted molar refractivity (Wildman–Crippen MR) is 78.8 cm³/mol. The van der Waals surface area contributed by atoms with Crippen LogP contribution in [-0.2, 0) is 4.74 Å². The first kappa shape index (κ1) is 15.5. The van der Waals surface area contributed by atoms with E-state index in [9.17, 15) is 0 Å². The molecule has 0 aromatic carbocycles. The second kappa shape index (κ2) is 8.49. The lowest BCUT2D eigenvalue weighted by Gasteiger charge is -2.22. The molecule has 0 fully saturated rings. The van der Waals surface area contributed by atoms with Gasteiger partial charge in [0.05, 0.1) is 12.7 Å². The molecule has 104 valence electrons. The highest BCUT2D eigenvalue weighted by Crippen LogP contribution is 2.19. The topological polar surface area (TPSA) is 12.5 Å². The van der Waals surface area contributed by atoms with Crippen LogP contribution < -0.4 is 0 Å². The summed E-state index contributed by atoms with van der Waals surface area (Å²) in [7, 11) is 4.26. The molecular formula is C16H29NO. The molecule has 2 nitrogen and oxygen atoms in total. The molecule has 2 heteroatoms. The molecule has 0 radical (unpaired) electrons. The molecule has 0 heterocycles. The Morgan fingerprint density at radius 2 is 2.11 bits per heavy atom. The van der Waals surface area contributed by atoms with E-state index in [1.807, 2.05) is 0 Å². The van der Waals surface area contributed by atoms with E-state index in [1.165, 1.54) is 24.8 Å². The van der Waals surface area contributed by atoms with Crippen LogP contribution in [0.3, 0.4) is 0 Å². The van der Waals surface area contributed by atoms with E-state index < -0.39 is 0 Å². The lowest BCUT2D eigenvalue weighted by molar-refractivity contribution is 0.0825. The van der Waals surface area contributed by atoms with Gasteiger partial charge in [-0.1, -0.05) is 32.1 Å². The van der Waals surface area contributed by atoms with Crippen LogP contribution in [0.15, 0.2) is 23.8 Å². The minimum atomic E-state index is 0.202. The molecule has 0 saturated carbocycles. The van der Waals surface area contributed by atoms with E-state index >= 15 is 0 Å². The van der Waals surface area contributed by atoms with Gasteiger partial charge in [-0.15, -0.1) is 0 Å². The van der Waals surface area contributed by atoms with Crippen LogP contribution in [0.4, 0.5) is 0 Å². The Morgan fingerprint density at radius 3 is 2.78 bits per heavy atom. The summed E-state index contributed by atoms with van der Waals surface area (Å²) in [6.45, 7) is 6.35. The molecule has 0 amide bonds. The third-order valence-corrected chi connectivity index (χ3v) is 3.11. The van der Waals surface area contributed by atoms with Gasteiger partial charge in [0.2, 0.25) is 0 Å². The monoisotopic (exact) mass is 251 g/mol. The van der Waals surface area contributed by atoms with Crippen molar-refractivity contribution in [2.75, 3.05) is 27.2 Å². The van der Waals surface area contributed by atoms with Gasteiger partial charge < -0.3 is 9.64 Å². The molecule has 0 aromatic rings. The van der Waals surface area contributed by atoms with Crippen LogP contribution in [0.2, 0.25) is 0 Å². The standard InChI is InChI=1S/C16H29NO/c1-14(2)13-18-16-10-8-6-5-7-9-15(16)11-12-17(3)4/h8-10,14,16H,5-7,11-13H2,1-4H3/b10-8+,15-9?. The van der Waals surface area contributed by atoms with Crippen molar-refractivity contribution in [3.63, 3.8) is 0 Å². The minimum absolute atomic E-state index is 0.202. The lowest BCUT2D eigenvalue weighted by atomic mass is 9.99. The Hall–Kier alpha value is -0.600. The van der Waals surface area contributed by atoms with Gasteiger partial charge in [-0.05, 0) is 51.3 Å². The van der Waals surface area contributed by atoms with Crippen LogP contribution in [0, 0.1) is 5.92 Å². The van der Waals surface area contributed by atoms with Gasteiger partial charge in [-0.25, -0.2) is 0 Å². The van der Waals surface area contributed by atoms with E-state index in [4.69, 9.17) is 4.74 Å². The molecule has 1 aliphatic carbocycles. The Bertz CT molecular complexity index is 279. The van der Waals surface area contributed by atoms with Crippen LogP contribution in [-0.4, -0.2) is 38.3 Å². The third kappa shape index (κ3) is 6.36. The number of hydrogen-bond donors (Lipinski definition) is 0. The van der Waals surface area contributed by atoms with Crippen molar-refractivity contribution in [3.8, 4) is 0 Å². The number of hydrogen-bond acceptors (Lipinski definition) is 2. The van der Waals surface area contributed by atoms with Gasteiger partial charge >= 0.3 is 0 Å². The molecule has 0 spiro atoms. The Kier molecular flexibility index (Phi) is 7.29. The third-order valence-electron chi connectivity index (χ3n) is 3.11. The number of rotatable bonds is 6. The maximum atomic E-state index is 6.05. The fourth-order valence-electron chi connectivity index (χ4n) is 2.04. The molecule has 0 N–H and O–H groups in total. The highest BCUT2D eigenvalue weighted by molar-refractivity contribution is 5.17. The highest BCUT2D eigenvalue weighted by atomic mass is 16.5. The van der Waals surface area contributed by atoms with Crippen molar-refractivity contribution in [1.29, 1.82) is 0 Å². The highest BCUT2D eigenvalue weighted by Gasteiger charge is 2.13. The summed E-state index contributed by atoms with van der Waals surface area (Å²) in [6, 6.07) is 0. The van der Waals surface area contributed by atoms with Gasteiger partial charge in [0.25, 0.3) is 0 Å². The van der Waals surface area contributed by atoms with Crippen LogP contribution in [0.1, 0.15) is 39.5 Å². The van der Waals surface area contributed by atoms with Crippen molar-refractivity contribution >= 4 is 0 Å². The molecule has 1 unspecified atom stereocenters. The van der Waals surface area contributed by atoms with Gasteiger partial charge in [0, 0.05) is 6.54 Å². The average Bonchev–Trinajstić information content (AvgIpc) is 2.26. The molecule has 18 heavy (non-hydrogen) atoms. The quantitative estimate of drug-likeness (QED) is 0.668. The summed E-state index contributed by atoms with van der Waals surface area (Å²) >= 11 is 0. The molecule has 0 bridgehead atoms. The van der Waals surface area contributed by atoms with Crippen molar-refractivity contribution in [2.24, 2.45) is 5.92 Å². The Labute approximate surface area is 113 Å². The van der Waals surface area contributed by atoms with E-state index in [-0.39, 0.29) is 6.10 Å².